The van der Waals surface area contributed by atoms with Gasteiger partial charge in [0.25, 0.3) is 0 Å². The van der Waals surface area contributed by atoms with Crippen molar-refractivity contribution < 1.29 is 0 Å². The van der Waals surface area contributed by atoms with E-state index in [9.17, 15) is 0 Å². The van der Waals surface area contributed by atoms with Crippen LogP contribution in [0.25, 0.3) is 0 Å². The summed E-state index contributed by atoms with van der Waals surface area (Å²) in [4.78, 5) is 8.25. The molecule has 84 valence electrons. The highest BCUT2D eigenvalue weighted by atomic mass is 35.5. The highest BCUT2D eigenvalue weighted by Gasteiger charge is 2.11. The lowest BCUT2D eigenvalue weighted by atomic mass is 10.1. The van der Waals surface area contributed by atoms with Crippen molar-refractivity contribution in [3.8, 4) is 0 Å². The van der Waals surface area contributed by atoms with Gasteiger partial charge in [0, 0.05) is 37.7 Å². The van der Waals surface area contributed by atoms with Crippen molar-refractivity contribution in [2.24, 2.45) is 0 Å². The van der Waals surface area contributed by atoms with Gasteiger partial charge in [0.05, 0.1) is 5.69 Å². The lowest BCUT2D eigenvalue weighted by Gasteiger charge is -2.23. The highest BCUT2D eigenvalue weighted by molar-refractivity contribution is 5.85. The minimum atomic E-state index is 0. The Morgan fingerprint density at radius 1 is 1.47 bits per heavy atom. The molecule has 5 heteroatoms. The van der Waals surface area contributed by atoms with Gasteiger partial charge in [-0.3, -0.25) is 9.97 Å². The maximum Gasteiger partial charge on any atom is 0.0724 e. The second kappa shape index (κ2) is 6.71. The lowest BCUT2D eigenvalue weighted by Crippen LogP contribution is -2.42. The zero-order chi connectivity index (χ0) is 9.64. The average molecular weight is 229 g/mol. The van der Waals surface area contributed by atoms with Gasteiger partial charge in [-0.25, -0.2) is 0 Å². The van der Waals surface area contributed by atoms with E-state index < -0.39 is 0 Å². The van der Waals surface area contributed by atoms with E-state index in [1.165, 1.54) is 12.8 Å². The molecular weight excluding hydrogens is 212 g/mol. The van der Waals surface area contributed by atoms with Crippen molar-refractivity contribution in [3.05, 3.63) is 24.3 Å². The minimum Gasteiger partial charge on any atom is -0.315 e. The number of nitrogens with zero attached hydrogens (tertiary/aromatic N) is 2. The minimum absolute atomic E-state index is 0. The van der Waals surface area contributed by atoms with E-state index in [2.05, 4.69) is 20.6 Å². The zero-order valence-corrected chi connectivity index (χ0v) is 9.46. The standard InChI is InChI=1S/C10H16N4.ClH/c1-2-9(6-11-3-1)14-8-10-7-12-4-5-13-10;/h4-5,7,9,11,14H,1-3,6,8H2;1H. The van der Waals surface area contributed by atoms with Crippen molar-refractivity contribution in [2.75, 3.05) is 13.1 Å². The molecule has 1 atom stereocenters. The molecule has 0 bridgehead atoms. The number of piperidine rings is 1. The van der Waals surface area contributed by atoms with Crippen LogP contribution in [0.3, 0.4) is 0 Å². The van der Waals surface area contributed by atoms with Crippen molar-refractivity contribution in [3.63, 3.8) is 0 Å². The van der Waals surface area contributed by atoms with Crippen molar-refractivity contribution in [1.82, 2.24) is 20.6 Å². The lowest BCUT2D eigenvalue weighted by molar-refractivity contribution is 0.387. The van der Waals surface area contributed by atoms with E-state index in [4.69, 9.17) is 0 Å². The van der Waals surface area contributed by atoms with Crippen LogP contribution in [0.4, 0.5) is 0 Å². The Morgan fingerprint density at radius 2 is 2.40 bits per heavy atom. The molecule has 2 heterocycles. The Kier molecular flexibility index (Phi) is 5.53. The quantitative estimate of drug-likeness (QED) is 0.802. The van der Waals surface area contributed by atoms with Crippen LogP contribution in [-0.4, -0.2) is 29.1 Å². The molecule has 0 aromatic carbocycles. The van der Waals surface area contributed by atoms with Crippen LogP contribution in [0, 0.1) is 0 Å². The Bertz CT molecular complexity index is 261. The molecule has 1 saturated heterocycles. The average Bonchev–Trinajstić information content (AvgIpc) is 2.29. The van der Waals surface area contributed by atoms with Gasteiger partial charge in [-0.05, 0) is 19.4 Å². The predicted octanol–water partition coefficient (Wildman–Crippen LogP) is 0.740. The third-order valence-electron chi connectivity index (χ3n) is 2.49. The summed E-state index contributed by atoms with van der Waals surface area (Å²) in [5.74, 6) is 0. The molecule has 0 saturated carbocycles. The summed E-state index contributed by atoms with van der Waals surface area (Å²) >= 11 is 0. The largest absolute Gasteiger partial charge is 0.315 e. The number of hydrogen-bond donors (Lipinski definition) is 2. The van der Waals surface area contributed by atoms with Crippen LogP contribution in [0.5, 0.6) is 0 Å². The monoisotopic (exact) mass is 228 g/mol. The van der Waals surface area contributed by atoms with E-state index in [1.54, 1.807) is 12.4 Å². The third kappa shape index (κ3) is 4.11. The molecule has 1 unspecified atom stereocenters. The first-order valence-corrected chi connectivity index (χ1v) is 5.14. The summed E-state index contributed by atoms with van der Waals surface area (Å²) in [5.41, 5.74) is 1.01. The first kappa shape index (κ1) is 12.4. The fraction of sp³-hybridized carbons (Fsp3) is 0.600. The SMILES string of the molecule is Cl.c1cnc(CNC2CCCNC2)cn1. The first-order chi connectivity index (χ1) is 6.95. The molecule has 0 radical (unpaired) electrons. The van der Waals surface area contributed by atoms with Gasteiger partial charge in [0.1, 0.15) is 0 Å². The summed E-state index contributed by atoms with van der Waals surface area (Å²) in [6.45, 7) is 3.05. The summed E-state index contributed by atoms with van der Waals surface area (Å²) in [7, 11) is 0. The summed E-state index contributed by atoms with van der Waals surface area (Å²) in [6, 6.07) is 0.589. The van der Waals surface area contributed by atoms with E-state index in [0.29, 0.717) is 6.04 Å². The maximum absolute atomic E-state index is 4.22. The fourth-order valence-electron chi connectivity index (χ4n) is 1.70. The van der Waals surface area contributed by atoms with Gasteiger partial charge >= 0.3 is 0 Å². The number of rotatable bonds is 3. The van der Waals surface area contributed by atoms with E-state index in [0.717, 1.165) is 25.3 Å². The molecule has 2 N–H and O–H groups in total. The third-order valence-corrected chi connectivity index (χ3v) is 2.49. The fourth-order valence-corrected chi connectivity index (χ4v) is 1.70. The highest BCUT2D eigenvalue weighted by Crippen LogP contribution is 2.02. The normalized spacial score (nSPS) is 20.7. The molecule has 1 aromatic rings. The van der Waals surface area contributed by atoms with Gasteiger partial charge in [-0.15, -0.1) is 12.4 Å². The van der Waals surface area contributed by atoms with Crippen LogP contribution in [-0.2, 0) is 6.54 Å². The summed E-state index contributed by atoms with van der Waals surface area (Å²) < 4.78 is 0. The Morgan fingerprint density at radius 3 is 3.07 bits per heavy atom. The molecule has 1 fully saturated rings. The zero-order valence-electron chi connectivity index (χ0n) is 8.65. The van der Waals surface area contributed by atoms with Gasteiger partial charge in [0.2, 0.25) is 0 Å². The molecule has 1 aliphatic heterocycles. The number of aromatic nitrogens is 2. The first-order valence-electron chi connectivity index (χ1n) is 5.14. The molecule has 0 aliphatic carbocycles. The van der Waals surface area contributed by atoms with E-state index in [-0.39, 0.29) is 12.4 Å². The van der Waals surface area contributed by atoms with Gasteiger partial charge < -0.3 is 10.6 Å². The molecule has 0 spiro atoms. The molecule has 1 aromatic heterocycles. The van der Waals surface area contributed by atoms with Crippen LogP contribution < -0.4 is 10.6 Å². The predicted molar refractivity (Wildman–Crippen MR) is 62.0 cm³/mol. The number of halogens is 1. The van der Waals surface area contributed by atoms with Gasteiger partial charge in [-0.1, -0.05) is 0 Å². The summed E-state index contributed by atoms with van der Waals surface area (Å²) in [5, 5.41) is 6.85. The van der Waals surface area contributed by atoms with Crippen LogP contribution >= 0.6 is 12.4 Å². The van der Waals surface area contributed by atoms with E-state index in [1.807, 2.05) is 6.20 Å². The molecule has 15 heavy (non-hydrogen) atoms. The van der Waals surface area contributed by atoms with Crippen LogP contribution in [0.1, 0.15) is 18.5 Å². The Labute approximate surface area is 96.3 Å². The molecular formula is C10H17ClN4. The number of hydrogen-bond acceptors (Lipinski definition) is 4. The second-order valence-electron chi connectivity index (χ2n) is 3.62. The van der Waals surface area contributed by atoms with Crippen molar-refractivity contribution in [1.29, 1.82) is 0 Å². The number of nitrogens with one attached hydrogen (secondary N) is 2. The Balaban J connectivity index is 0.00000112. The van der Waals surface area contributed by atoms with Gasteiger partial charge in [0.15, 0.2) is 0 Å². The molecule has 2 rings (SSSR count). The van der Waals surface area contributed by atoms with E-state index >= 15 is 0 Å². The second-order valence-corrected chi connectivity index (χ2v) is 3.62. The molecule has 4 nitrogen and oxygen atoms in total. The molecule has 0 amide bonds. The van der Waals surface area contributed by atoms with Crippen LogP contribution in [0.15, 0.2) is 18.6 Å². The smallest absolute Gasteiger partial charge is 0.0724 e. The van der Waals surface area contributed by atoms with Gasteiger partial charge in [-0.2, -0.15) is 0 Å². The van der Waals surface area contributed by atoms with Crippen molar-refractivity contribution >= 4 is 12.4 Å². The van der Waals surface area contributed by atoms with Crippen molar-refractivity contribution in [2.45, 2.75) is 25.4 Å². The maximum atomic E-state index is 4.22. The molecule has 1 aliphatic rings. The topological polar surface area (TPSA) is 49.8 Å². The van der Waals surface area contributed by atoms with Crippen LogP contribution in [0.2, 0.25) is 0 Å². The summed E-state index contributed by atoms with van der Waals surface area (Å²) in [6.07, 6.45) is 7.76. The Hall–Kier alpha value is -0.710.